The van der Waals surface area contributed by atoms with Crippen molar-refractivity contribution in [3.05, 3.63) is 0 Å². The van der Waals surface area contributed by atoms with Gasteiger partial charge in [0.05, 0.1) is 12.7 Å². The summed E-state index contributed by atoms with van der Waals surface area (Å²) in [6.45, 7) is 2.96. The molecule has 0 saturated carbocycles. The van der Waals surface area contributed by atoms with Gasteiger partial charge >= 0.3 is 0 Å². The highest BCUT2D eigenvalue weighted by atomic mass is 79.9. The Hall–Kier alpha value is 0.730. The fourth-order valence-electron chi connectivity index (χ4n) is 2.63. The molecule has 1 nitrogen and oxygen atoms in total. The molecule has 0 aromatic rings. The van der Waals surface area contributed by atoms with E-state index in [2.05, 4.69) is 22.9 Å². The van der Waals surface area contributed by atoms with E-state index in [1.54, 1.807) is 0 Å². The number of hydrogen-bond acceptors (Lipinski definition) is 1. The molecule has 0 N–H and O–H groups in total. The molecule has 0 aromatic carbocycles. The predicted octanol–water partition coefficient (Wildman–Crippen LogP) is 7.10. The lowest BCUT2D eigenvalue weighted by molar-refractivity contribution is 0.0739. The van der Waals surface area contributed by atoms with Gasteiger partial charge in [-0.1, -0.05) is 99.9 Å². The van der Waals surface area contributed by atoms with Gasteiger partial charge in [0.15, 0.2) is 0 Å². The van der Waals surface area contributed by atoms with Crippen LogP contribution in [-0.2, 0) is 4.74 Å². The first-order chi connectivity index (χ1) is 10.3. The molecule has 0 aromatic heterocycles. The Morgan fingerprint density at radius 2 is 1.29 bits per heavy atom. The number of hydrogen-bond donors (Lipinski definition) is 0. The number of rotatable bonds is 17. The van der Waals surface area contributed by atoms with Crippen LogP contribution in [0.4, 0.5) is 0 Å². The molecule has 0 bridgehead atoms. The molecule has 0 amide bonds. The van der Waals surface area contributed by atoms with Crippen molar-refractivity contribution in [2.45, 2.75) is 96.5 Å². The van der Waals surface area contributed by atoms with E-state index in [-0.39, 0.29) is 0 Å². The first kappa shape index (κ1) is 21.7. The minimum atomic E-state index is 0.354. The molecule has 128 valence electrons. The predicted molar refractivity (Wildman–Crippen MR) is 99.9 cm³/mol. The van der Waals surface area contributed by atoms with Crippen LogP contribution in [0.5, 0.6) is 0 Å². The lowest BCUT2D eigenvalue weighted by atomic mass is 10.0. The zero-order valence-electron chi connectivity index (χ0n) is 14.1. The molecule has 1 unspecified atom stereocenters. The molecule has 0 aliphatic carbocycles. The molecule has 1 atom stereocenters. The van der Waals surface area contributed by atoms with E-state index in [4.69, 9.17) is 16.3 Å². The molecular formula is C18H36BrClO. The topological polar surface area (TPSA) is 9.23 Å². The van der Waals surface area contributed by atoms with Crippen LogP contribution >= 0.6 is 27.5 Å². The third kappa shape index (κ3) is 16.9. The van der Waals surface area contributed by atoms with Crippen LogP contribution in [0.1, 0.15) is 90.4 Å². The Morgan fingerprint density at radius 1 is 0.810 bits per heavy atom. The average molecular weight is 384 g/mol. The van der Waals surface area contributed by atoms with Crippen molar-refractivity contribution < 1.29 is 4.74 Å². The summed E-state index contributed by atoms with van der Waals surface area (Å²) >= 11 is 9.15. The Balaban J connectivity index is 3.14. The molecule has 0 fully saturated rings. The normalized spacial score (nSPS) is 12.7. The van der Waals surface area contributed by atoms with Crippen LogP contribution in [0.15, 0.2) is 0 Å². The second-order valence-electron chi connectivity index (χ2n) is 6.01. The molecule has 3 heteroatoms. The Kier molecular flexibility index (Phi) is 19.4. The summed E-state index contributed by atoms with van der Waals surface area (Å²) in [7, 11) is 0. The van der Waals surface area contributed by atoms with E-state index < -0.39 is 0 Å². The summed E-state index contributed by atoms with van der Waals surface area (Å²) < 4.78 is 5.66. The molecule has 0 radical (unpaired) electrons. The highest BCUT2D eigenvalue weighted by molar-refractivity contribution is 9.09. The Morgan fingerprint density at radius 3 is 1.71 bits per heavy atom. The lowest BCUT2D eigenvalue weighted by Crippen LogP contribution is -2.15. The highest BCUT2D eigenvalue weighted by Crippen LogP contribution is 2.14. The van der Waals surface area contributed by atoms with Gasteiger partial charge < -0.3 is 4.74 Å². The number of alkyl halides is 2. The first-order valence-electron chi connectivity index (χ1n) is 9.08. The van der Waals surface area contributed by atoms with Crippen molar-refractivity contribution in [3.8, 4) is 0 Å². The maximum absolute atomic E-state index is 5.66. The summed E-state index contributed by atoms with van der Waals surface area (Å²) in [5, 5.41) is 0.932. The highest BCUT2D eigenvalue weighted by Gasteiger charge is 2.06. The fourth-order valence-corrected chi connectivity index (χ4v) is 3.23. The molecular weight excluding hydrogens is 348 g/mol. The van der Waals surface area contributed by atoms with Crippen molar-refractivity contribution >= 4 is 27.5 Å². The molecule has 21 heavy (non-hydrogen) atoms. The molecule has 0 rings (SSSR count). The van der Waals surface area contributed by atoms with Crippen LogP contribution in [-0.4, -0.2) is 23.9 Å². The summed E-state index contributed by atoms with van der Waals surface area (Å²) in [6.07, 6.45) is 18.4. The smallest absolute Gasteiger partial charge is 0.0672 e. The SMILES string of the molecule is CCCCCCCCCCCCCCC(CBr)OCCCl. The van der Waals surface area contributed by atoms with Crippen molar-refractivity contribution in [2.75, 3.05) is 17.8 Å². The van der Waals surface area contributed by atoms with Crippen LogP contribution in [0.3, 0.4) is 0 Å². The second-order valence-corrected chi connectivity index (χ2v) is 7.04. The van der Waals surface area contributed by atoms with E-state index >= 15 is 0 Å². The average Bonchev–Trinajstić information content (AvgIpc) is 2.51. The standard InChI is InChI=1S/C18H36BrClO/c1-2-3-4-5-6-7-8-9-10-11-12-13-14-18(17-19)21-16-15-20/h18H,2-17H2,1H3. The van der Waals surface area contributed by atoms with Gasteiger partial charge in [-0.05, 0) is 6.42 Å². The van der Waals surface area contributed by atoms with Gasteiger partial charge in [0.1, 0.15) is 0 Å². The minimum absolute atomic E-state index is 0.354. The number of unbranched alkanes of at least 4 members (excludes halogenated alkanes) is 11. The van der Waals surface area contributed by atoms with Gasteiger partial charge in [0.2, 0.25) is 0 Å². The van der Waals surface area contributed by atoms with Crippen LogP contribution < -0.4 is 0 Å². The maximum atomic E-state index is 5.66. The number of ether oxygens (including phenoxy) is 1. The Labute approximate surface area is 146 Å². The molecule has 0 spiro atoms. The zero-order chi connectivity index (χ0) is 15.6. The summed E-state index contributed by atoms with van der Waals surface area (Å²) in [5.41, 5.74) is 0. The van der Waals surface area contributed by atoms with E-state index in [9.17, 15) is 0 Å². The fraction of sp³-hybridized carbons (Fsp3) is 1.00. The lowest BCUT2D eigenvalue weighted by Gasteiger charge is -2.14. The summed E-state index contributed by atoms with van der Waals surface area (Å²) in [4.78, 5) is 0. The first-order valence-corrected chi connectivity index (χ1v) is 10.7. The number of halogens is 2. The largest absolute Gasteiger partial charge is 0.376 e. The van der Waals surface area contributed by atoms with Gasteiger partial charge in [-0.15, -0.1) is 11.6 Å². The molecule has 0 aliphatic rings. The summed E-state index contributed by atoms with van der Waals surface area (Å²) in [6, 6.07) is 0. The van der Waals surface area contributed by atoms with Gasteiger partial charge in [-0.3, -0.25) is 0 Å². The quantitative estimate of drug-likeness (QED) is 0.192. The van der Waals surface area contributed by atoms with Crippen LogP contribution in [0.2, 0.25) is 0 Å². The van der Waals surface area contributed by atoms with Crippen molar-refractivity contribution in [3.63, 3.8) is 0 Å². The van der Waals surface area contributed by atoms with Crippen molar-refractivity contribution in [1.29, 1.82) is 0 Å². The Bertz CT molecular complexity index is 190. The van der Waals surface area contributed by atoms with Crippen LogP contribution in [0.25, 0.3) is 0 Å². The van der Waals surface area contributed by atoms with E-state index in [1.807, 2.05) is 0 Å². The second kappa shape index (κ2) is 18.8. The third-order valence-electron chi connectivity index (χ3n) is 3.98. The van der Waals surface area contributed by atoms with E-state index in [0.29, 0.717) is 18.6 Å². The maximum Gasteiger partial charge on any atom is 0.0672 e. The van der Waals surface area contributed by atoms with E-state index in [0.717, 1.165) is 5.33 Å². The van der Waals surface area contributed by atoms with Crippen LogP contribution in [0, 0.1) is 0 Å². The van der Waals surface area contributed by atoms with Crippen molar-refractivity contribution in [1.82, 2.24) is 0 Å². The third-order valence-corrected chi connectivity index (χ3v) is 4.86. The molecule has 0 aliphatic heterocycles. The molecule has 0 heterocycles. The van der Waals surface area contributed by atoms with Gasteiger partial charge in [-0.25, -0.2) is 0 Å². The minimum Gasteiger partial charge on any atom is -0.376 e. The van der Waals surface area contributed by atoms with Gasteiger partial charge in [0.25, 0.3) is 0 Å². The van der Waals surface area contributed by atoms with Gasteiger partial charge in [0, 0.05) is 11.2 Å². The van der Waals surface area contributed by atoms with Gasteiger partial charge in [-0.2, -0.15) is 0 Å². The van der Waals surface area contributed by atoms with E-state index in [1.165, 1.54) is 83.5 Å². The monoisotopic (exact) mass is 382 g/mol. The zero-order valence-corrected chi connectivity index (χ0v) is 16.4. The molecule has 0 saturated heterocycles. The summed E-state index contributed by atoms with van der Waals surface area (Å²) in [5.74, 6) is 0.599. The van der Waals surface area contributed by atoms with Crippen molar-refractivity contribution in [2.24, 2.45) is 0 Å².